The van der Waals surface area contributed by atoms with Crippen molar-refractivity contribution in [2.24, 2.45) is 0 Å². The minimum Gasteiger partial charge on any atom is -0.490 e. The Morgan fingerprint density at radius 2 is 1.56 bits per heavy atom. The van der Waals surface area contributed by atoms with E-state index < -0.39 is 0 Å². The van der Waals surface area contributed by atoms with E-state index in [0.29, 0.717) is 23.7 Å². The molecular weight excluding hydrogens is 228 g/mol. The zero-order valence-electron chi connectivity index (χ0n) is 10.1. The first kappa shape index (κ1) is 12.2. The number of rotatable bonds is 4. The maximum Gasteiger partial charge on any atom is 0.343 e. The Kier molecular flexibility index (Phi) is 3.97. The average Bonchev–Trinajstić information content (AvgIpc) is 2.42. The van der Waals surface area contributed by atoms with Crippen LogP contribution in [0.1, 0.15) is 17.3 Å². The normalized spacial score (nSPS) is 9.83. The molecule has 0 bridgehead atoms. The number of benzene rings is 2. The molecule has 2 rings (SSSR count). The fourth-order valence-electron chi connectivity index (χ4n) is 1.54. The fraction of sp³-hybridized carbons (Fsp3) is 0.133. The van der Waals surface area contributed by atoms with Gasteiger partial charge in [0.15, 0.2) is 11.5 Å². The highest BCUT2D eigenvalue weighted by Gasteiger charge is 2.11. The van der Waals surface area contributed by atoms with E-state index in [2.05, 4.69) is 0 Å². The van der Waals surface area contributed by atoms with Crippen LogP contribution in [0.3, 0.4) is 0 Å². The summed E-state index contributed by atoms with van der Waals surface area (Å²) in [5.41, 5.74) is 0.517. The van der Waals surface area contributed by atoms with Crippen molar-refractivity contribution in [3.63, 3.8) is 0 Å². The van der Waals surface area contributed by atoms with Crippen LogP contribution in [0, 0.1) is 0 Å². The molecule has 2 aromatic carbocycles. The molecule has 0 aliphatic rings. The van der Waals surface area contributed by atoms with E-state index in [0.717, 1.165) is 0 Å². The molecule has 0 unspecified atom stereocenters. The summed E-state index contributed by atoms with van der Waals surface area (Å²) in [6, 6.07) is 16.0. The standard InChI is InChI=1S/C15H14O3/c1-2-17-13-10-6-7-11-14(13)18-15(16)12-8-4-3-5-9-12/h3-11H,2H2,1H3. The van der Waals surface area contributed by atoms with Crippen molar-refractivity contribution in [1.29, 1.82) is 0 Å². The fourth-order valence-corrected chi connectivity index (χ4v) is 1.54. The zero-order chi connectivity index (χ0) is 12.8. The van der Waals surface area contributed by atoms with Crippen molar-refractivity contribution < 1.29 is 14.3 Å². The van der Waals surface area contributed by atoms with Gasteiger partial charge in [-0.3, -0.25) is 0 Å². The lowest BCUT2D eigenvalue weighted by atomic mass is 10.2. The van der Waals surface area contributed by atoms with Crippen LogP contribution in [-0.2, 0) is 0 Å². The minimum atomic E-state index is -0.386. The van der Waals surface area contributed by atoms with E-state index in [1.54, 1.807) is 42.5 Å². The Labute approximate surface area is 106 Å². The molecule has 0 aromatic heterocycles. The van der Waals surface area contributed by atoms with Gasteiger partial charge in [-0.1, -0.05) is 30.3 Å². The van der Waals surface area contributed by atoms with Gasteiger partial charge in [-0.2, -0.15) is 0 Å². The SMILES string of the molecule is CCOc1ccccc1OC(=O)c1ccccc1. The van der Waals surface area contributed by atoms with Crippen molar-refractivity contribution in [2.45, 2.75) is 6.92 Å². The molecule has 0 radical (unpaired) electrons. The smallest absolute Gasteiger partial charge is 0.343 e. The van der Waals surface area contributed by atoms with Gasteiger partial charge in [-0.25, -0.2) is 4.79 Å². The molecule has 18 heavy (non-hydrogen) atoms. The number of carbonyl (C=O) groups excluding carboxylic acids is 1. The molecule has 0 N–H and O–H groups in total. The van der Waals surface area contributed by atoms with E-state index in [4.69, 9.17) is 9.47 Å². The van der Waals surface area contributed by atoms with Gasteiger partial charge >= 0.3 is 5.97 Å². The molecule has 0 spiro atoms. The molecule has 0 fully saturated rings. The molecule has 0 amide bonds. The summed E-state index contributed by atoms with van der Waals surface area (Å²) in [4.78, 5) is 11.9. The van der Waals surface area contributed by atoms with Crippen molar-refractivity contribution in [1.82, 2.24) is 0 Å². The van der Waals surface area contributed by atoms with Gasteiger partial charge in [0.25, 0.3) is 0 Å². The van der Waals surface area contributed by atoms with Gasteiger partial charge in [-0.15, -0.1) is 0 Å². The van der Waals surface area contributed by atoms with Gasteiger partial charge in [-0.05, 0) is 31.2 Å². The highest BCUT2D eigenvalue weighted by atomic mass is 16.6. The van der Waals surface area contributed by atoms with Crippen molar-refractivity contribution >= 4 is 5.97 Å². The molecule has 92 valence electrons. The predicted molar refractivity (Wildman–Crippen MR) is 69.0 cm³/mol. The largest absolute Gasteiger partial charge is 0.490 e. The lowest BCUT2D eigenvalue weighted by molar-refractivity contribution is 0.0728. The highest BCUT2D eigenvalue weighted by molar-refractivity contribution is 5.91. The van der Waals surface area contributed by atoms with Crippen LogP contribution in [0.4, 0.5) is 0 Å². The molecule has 0 heterocycles. The number of hydrogen-bond acceptors (Lipinski definition) is 3. The third-order valence-corrected chi connectivity index (χ3v) is 2.36. The van der Waals surface area contributed by atoms with Crippen LogP contribution >= 0.6 is 0 Å². The molecule has 0 saturated carbocycles. The van der Waals surface area contributed by atoms with Crippen molar-refractivity contribution in [3.8, 4) is 11.5 Å². The second kappa shape index (κ2) is 5.87. The van der Waals surface area contributed by atoms with E-state index in [1.807, 2.05) is 19.1 Å². The minimum absolute atomic E-state index is 0.386. The van der Waals surface area contributed by atoms with Crippen LogP contribution in [0.5, 0.6) is 11.5 Å². The number of hydrogen-bond donors (Lipinski definition) is 0. The number of para-hydroxylation sites is 2. The molecule has 0 aliphatic carbocycles. The first-order valence-electron chi connectivity index (χ1n) is 5.80. The van der Waals surface area contributed by atoms with Gasteiger partial charge < -0.3 is 9.47 Å². The Hall–Kier alpha value is -2.29. The first-order chi connectivity index (χ1) is 8.81. The lowest BCUT2D eigenvalue weighted by Gasteiger charge is -2.09. The van der Waals surface area contributed by atoms with E-state index >= 15 is 0 Å². The second-order valence-electron chi connectivity index (χ2n) is 3.64. The van der Waals surface area contributed by atoms with E-state index in [9.17, 15) is 4.79 Å². The second-order valence-corrected chi connectivity index (χ2v) is 3.64. The van der Waals surface area contributed by atoms with Crippen LogP contribution < -0.4 is 9.47 Å². The lowest BCUT2D eigenvalue weighted by Crippen LogP contribution is -2.09. The van der Waals surface area contributed by atoms with Gasteiger partial charge in [0.2, 0.25) is 0 Å². The quantitative estimate of drug-likeness (QED) is 0.609. The Morgan fingerprint density at radius 3 is 2.22 bits per heavy atom. The monoisotopic (exact) mass is 242 g/mol. The molecule has 3 nitrogen and oxygen atoms in total. The van der Waals surface area contributed by atoms with Crippen LogP contribution in [0.2, 0.25) is 0 Å². The van der Waals surface area contributed by atoms with Crippen molar-refractivity contribution in [3.05, 3.63) is 60.2 Å². The molecule has 2 aromatic rings. The highest BCUT2D eigenvalue weighted by Crippen LogP contribution is 2.27. The van der Waals surface area contributed by atoms with E-state index in [-0.39, 0.29) is 5.97 Å². The topological polar surface area (TPSA) is 35.5 Å². The summed E-state index contributed by atoms with van der Waals surface area (Å²) in [5.74, 6) is 0.625. The molecule has 0 aliphatic heterocycles. The molecule has 3 heteroatoms. The summed E-state index contributed by atoms with van der Waals surface area (Å²) >= 11 is 0. The van der Waals surface area contributed by atoms with Crippen molar-refractivity contribution in [2.75, 3.05) is 6.61 Å². The van der Waals surface area contributed by atoms with E-state index in [1.165, 1.54) is 0 Å². The summed E-state index contributed by atoms with van der Waals surface area (Å²) < 4.78 is 10.7. The summed E-state index contributed by atoms with van der Waals surface area (Å²) in [6.07, 6.45) is 0. The molecule has 0 atom stereocenters. The van der Waals surface area contributed by atoms with Crippen LogP contribution in [-0.4, -0.2) is 12.6 Å². The number of carbonyl (C=O) groups is 1. The third-order valence-electron chi connectivity index (χ3n) is 2.36. The third kappa shape index (κ3) is 2.88. The Balaban J connectivity index is 2.17. The molecule has 0 saturated heterocycles. The summed E-state index contributed by atoms with van der Waals surface area (Å²) in [7, 11) is 0. The maximum absolute atomic E-state index is 11.9. The maximum atomic E-state index is 11.9. The average molecular weight is 242 g/mol. The van der Waals surface area contributed by atoms with Crippen LogP contribution in [0.15, 0.2) is 54.6 Å². The van der Waals surface area contributed by atoms with Gasteiger partial charge in [0.1, 0.15) is 0 Å². The number of esters is 1. The summed E-state index contributed by atoms with van der Waals surface area (Å²) in [6.45, 7) is 2.41. The summed E-state index contributed by atoms with van der Waals surface area (Å²) in [5, 5.41) is 0. The number of ether oxygens (including phenoxy) is 2. The predicted octanol–water partition coefficient (Wildman–Crippen LogP) is 3.30. The zero-order valence-corrected chi connectivity index (χ0v) is 10.1. The van der Waals surface area contributed by atoms with Crippen LogP contribution in [0.25, 0.3) is 0 Å². The van der Waals surface area contributed by atoms with Gasteiger partial charge in [0.05, 0.1) is 12.2 Å². The van der Waals surface area contributed by atoms with Gasteiger partial charge in [0, 0.05) is 0 Å². The Bertz CT molecular complexity index is 520. The first-order valence-corrected chi connectivity index (χ1v) is 5.80. The Morgan fingerprint density at radius 1 is 0.944 bits per heavy atom. The molecular formula is C15H14O3.